The van der Waals surface area contributed by atoms with Gasteiger partial charge >= 0.3 is 0 Å². The summed E-state index contributed by atoms with van der Waals surface area (Å²) in [6, 6.07) is 15.0. The Labute approximate surface area is 305 Å². The van der Waals surface area contributed by atoms with Crippen LogP contribution in [0.1, 0.15) is 93.2 Å². The van der Waals surface area contributed by atoms with Gasteiger partial charge < -0.3 is 29.9 Å². The summed E-state index contributed by atoms with van der Waals surface area (Å²) in [5, 5.41) is 6.27. The van der Waals surface area contributed by atoms with Crippen molar-refractivity contribution in [3.63, 3.8) is 0 Å². The molecule has 3 amide bonds. The summed E-state index contributed by atoms with van der Waals surface area (Å²) < 4.78 is 2.11. The number of hydrogen-bond donors (Lipinski definition) is 2. The number of amides is 3. The van der Waals surface area contributed by atoms with Gasteiger partial charge in [0.15, 0.2) is 5.82 Å². The van der Waals surface area contributed by atoms with Crippen LogP contribution in [0.25, 0.3) is 22.3 Å². The summed E-state index contributed by atoms with van der Waals surface area (Å²) >= 11 is 0. The first-order chi connectivity index (χ1) is 25.1. The predicted octanol–water partition coefficient (Wildman–Crippen LogP) is 6.33. The van der Waals surface area contributed by atoms with Crippen molar-refractivity contribution >= 4 is 45.9 Å². The lowest BCUT2D eigenvalue weighted by molar-refractivity contribution is -0.134. The third-order valence-electron chi connectivity index (χ3n) is 12.2. The quantitative estimate of drug-likeness (QED) is 0.231. The van der Waals surface area contributed by atoms with Gasteiger partial charge in [-0.1, -0.05) is 24.6 Å². The van der Waals surface area contributed by atoms with Crippen molar-refractivity contribution in [1.82, 2.24) is 29.7 Å². The number of nitrogens with zero attached hydrogens (tertiary/aromatic N) is 6. The van der Waals surface area contributed by atoms with Gasteiger partial charge in [0.2, 0.25) is 11.8 Å². The number of imidazole rings is 1. The van der Waals surface area contributed by atoms with Gasteiger partial charge in [-0.25, -0.2) is 9.97 Å². The molecule has 52 heavy (non-hydrogen) atoms. The lowest BCUT2D eigenvalue weighted by Crippen LogP contribution is -2.58. The fraction of sp³-hybridized carbons (Fsp3) is 0.488. The van der Waals surface area contributed by atoms with Crippen LogP contribution in [-0.2, 0) is 15.0 Å². The van der Waals surface area contributed by atoms with Crippen LogP contribution in [0.5, 0.6) is 0 Å². The summed E-state index contributed by atoms with van der Waals surface area (Å²) in [4.78, 5) is 56.3. The lowest BCUT2D eigenvalue weighted by atomic mass is 9.73. The second-order valence-electron chi connectivity index (χ2n) is 15.6. The molecule has 3 aliphatic heterocycles. The topological polar surface area (TPSA) is 116 Å². The summed E-state index contributed by atoms with van der Waals surface area (Å²) in [5.74, 6) is 0.765. The molecule has 1 spiro atoms. The zero-order valence-electron chi connectivity index (χ0n) is 31.0. The fourth-order valence-corrected chi connectivity index (χ4v) is 9.05. The Morgan fingerprint density at radius 1 is 0.942 bits per heavy atom. The van der Waals surface area contributed by atoms with E-state index >= 15 is 0 Å². The molecule has 5 heterocycles. The standard InChI is InChI=1S/C41H50N8O3/c1-25(2)48-24-43-35-23-34(45-38(37(35)48)44-29-11-9-26(3)32(20-29)39(51)42-5)28-10-12-33-36(19-28)49(31-21-30(22-31)47-15-7-6-8-16-47)40(52)41(33)13-17-46(18-14-41)27(4)50/h9-12,19-20,23-25,30-31H,6-8,13-18,21-22H2,1-5H3,(H,42,51)(H,44,45). The highest BCUT2D eigenvalue weighted by molar-refractivity contribution is 6.09. The summed E-state index contributed by atoms with van der Waals surface area (Å²) in [5.41, 5.74) is 7.05. The van der Waals surface area contributed by atoms with Crippen molar-refractivity contribution in [2.45, 2.75) is 96.2 Å². The first-order valence-corrected chi connectivity index (χ1v) is 19.0. The number of benzene rings is 2. The highest BCUT2D eigenvalue weighted by atomic mass is 16.2. The number of nitrogens with one attached hydrogen (secondary N) is 2. The molecule has 0 bridgehead atoms. The molecule has 0 atom stereocenters. The average Bonchev–Trinajstić information content (AvgIpc) is 3.66. The predicted molar refractivity (Wildman–Crippen MR) is 204 cm³/mol. The van der Waals surface area contributed by atoms with Crippen LogP contribution < -0.4 is 15.5 Å². The van der Waals surface area contributed by atoms with Crippen LogP contribution in [0.4, 0.5) is 17.2 Å². The Morgan fingerprint density at radius 2 is 1.69 bits per heavy atom. The number of aryl methyl sites for hydroxylation is 1. The van der Waals surface area contributed by atoms with Crippen LogP contribution in [0, 0.1) is 6.92 Å². The molecule has 1 aliphatic carbocycles. The van der Waals surface area contributed by atoms with Gasteiger partial charge in [0.25, 0.3) is 5.91 Å². The van der Waals surface area contributed by atoms with Crippen molar-refractivity contribution in [3.8, 4) is 11.3 Å². The number of hydrogen-bond acceptors (Lipinski definition) is 7. The molecule has 2 aromatic carbocycles. The van der Waals surface area contributed by atoms with Crippen molar-refractivity contribution in [1.29, 1.82) is 0 Å². The van der Waals surface area contributed by atoms with Crippen molar-refractivity contribution < 1.29 is 14.4 Å². The molecule has 4 aliphatic rings. The Hall–Kier alpha value is -4.77. The van der Waals surface area contributed by atoms with Crippen LogP contribution in [0.3, 0.4) is 0 Å². The maximum absolute atomic E-state index is 14.7. The molecule has 11 nitrogen and oxygen atoms in total. The van der Waals surface area contributed by atoms with Gasteiger partial charge in [-0.05, 0) is 108 Å². The minimum Gasteiger partial charge on any atom is -0.355 e. The Kier molecular flexibility index (Phi) is 8.80. The van der Waals surface area contributed by atoms with Crippen LogP contribution in [0.15, 0.2) is 48.8 Å². The van der Waals surface area contributed by atoms with Crippen molar-refractivity contribution in [2.24, 2.45) is 0 Å². The van der Waals surface area contributed by atoms with Gasteiger partial charge in [-0.15, -0.1) is 0 Å². The van der Waals surface area contributed by atoms with Crippen LogP contribution in [-0.4, -0.2) is 87.4 Å². The molecular weight excluding hydrogens is 653 g/mol. The lowest BCUT2D eigenvalue weighted by Gasteiger charge is -2.48. The van der Waals surface area contributed by atoms with Crippen LogP contribution >= 0.6 is 0 Å². The molecule has 272 valence electrons. The summed E-state index contributed by atoms with van der Waals surface area (Å²) in [6.07, 6.45) is 8.93. The van der Waals surface area contributed by atoms with Gasteiger partial charge in [0.1, 0.15) is 5.52 Å². The number of carbonyl (C=O) groups is 3. The SMILES string of the molecule is CNC(=O)c1cc(Nc2nc(-c3ccc4c(c3)N(C3CC(N5CCCCC5)C3)C(=O)C43CCN(C(C)=O)CC3)cc3ncn(C(C)C)c23)ccc1C. The van der Waals surface area contributed by atoms with Gasteiger partial charge in [-0.2, -0.15) is 0 Å². The largest absolute Gasteiger partial charge is 0.355 e. The molecule has 2 N–H and O–H groups in total. The van der Waals surface area contributed by atoms with Crippen molar-refractivity contribution in [3.05, 3.63) is 65.5 Å². The second-order valence-corrected chi connectivity index (χ2v) is 15.6. The maximum atomic E-state index is 14.7. The Bertz CT molecular complexity index is 2050. The smallest absolute Gasteiger partial charge is 0.251 e. The molecule has 8 rings (SSSR count). The van der Waals surface area contributed by atoms with Gasteiger partial charge in [-0.3, -0.25) is 14.4 Å². The normalized spacial score (nSPS) is 21.5. The molecule has 1 saturated carbocycles. The van der Waals surface area contributed by atoms with E-state index in [1.165, 1.54) is 19.3 Å². The molecule has 2 saturated heterocycles. The second kappa shape index (κ2) is 13.3. The molecule has 0 radical (unpaired) electrons. The number of pyridine rings is 1. The number of likely N-dealkylation sites (tertiary alicyclic amines) is 2. The van der Waals surface area contributed by atoms with E-state index in [-0.39, 0.29) is 29.8 Å². The van der Waals surface area contributed by atoms with E-state index in [4.69, 9.17) is 9.97 Å². The molecule has 4 aromatic rings. The van der Waals surface area contributed by atoms with E-state index in [0.29, 0.717) is 43.4 Å². The number of rotatable bonds is 7. The molecule has 0 unspecified atom stereocenters. The number of piperidine rings is 2. The fourth-order valence-electron chi connectivity index (χ4n) is 9.05. The molecule has 3 fully saturated rings. The van der Waals surface area contributed by atoms with Gasteiger partial charge in [0.05, 0.1) is 23.0 Å². The summed E-state index contributed by atoms with van der Waals surface area (Å²) in [7, 11) is 1.64. The number of carbonyl (C=O) groups excluding carboxylic acids is 3. The molecular formula is C41H50N8O3. The van der Waals surface area contributed by atoms with Crippen LogP contribution in [0.2, 0.25) is 0 Å². The number of anilines is 3. The third-order valence-corrected chi connectivity index (χ3v) is 12.2. The van der Waals surface area contributed by atoms with E-state index in [0.717, 1.165) is 70.7 Å². The first kappa shape index (κ1) is 34.3. The van der Waals surface area contributed by atoms with E-state index in [2.05, 4.69) is 57.0 Å². The Morgan fingerprint density at radius 3 is 2.38 bits per heavy atom. The number of aromatic nitrogens is 3. The average molecular weight is 703 g/mol. The zero-order valence-corrected chi connectivity index (χ0v) is 31.0. The third kappa shape index (κ3) is 5.73. The maximum Gasteiger partial charge on any atom is 0.251 e. The number of fused-ring (bicyclic) bond motifs is 3. The molecule has 2 aromatic heterocycles. The monoisotopic (exact) mass is 702 g/mol. The van der Waals surface area contributed by atoms with E-state index < -0.39 is 5.41 Å². The highest BCUT2D eigenvalue weighted by Gasteiger charge is 2.55. The Balaban J connectivity index is 1.19. The van der Waals surface area contributed by atoms with E-state index in [1.54, 1.807) is 14.0 Å². The van der Waals surface area contributed by atoms with E-state index in [1.807, 2.05) is 42.4 Å². The minimum atomic E-state index is -0.621. The van der Waals surface area contributed by atoms with Gasteiger partial charge in [0, 0.05) is 67.7 Å². The zero-order chi connectivity index (χ0) is 36.3. The molecule has 11 heteroatoms. The summed E-state index contributed by atoms with van der Waals surface area (Å²) in [6.45, 7) is 11.3. The highest BCUT2D eigenvalue weighted by Crippen LogP contribution is 2.52. The van der Waals surface area contributed by atoms with E-state index in [9.17, 15) is 14.4 Å². The minimum absolute atomic E-state index is 0.0670. The van der Waals surface area contributed by atoms with Crippen molar-refractivity contribution in [2.75, 3.05) is 43.4 Å². The first-order valence-electron chi connectivity index (χ1n) is 19.0.